The van der Waals surface area contributed by atoms with Gasteiger partial charge in [-0.2, -0.15) is 0 Å². The second-order valence-electron chi connectivity index (χ2n) is 22.9. The number of nitrogens with one attached hydrogen (secondary N) is 5. The molecule has 4 unspecified atom stereocenters. The normalized spacial score (nSPS) is 13.0. The van der Waals surface area contributed by atoms with Crippen molar-refractivity contribution in [3.05, 3.63) is 108 Å². The second kappa shape index (κ2) is 36.9. The Morgan fingerprint density at radius 2 is 1.13 bits per heavy atom. The molecule has 0 bridgehead atoms. The minimum Gasteiger partial charge on any atom is -0.497 e. The smallest absolute Gasteiger partial charge is 0.408 e. The number of methoxy groups -OCH3 is 2. The molecule has 458 valence electrons. The Balaban J connectivity index is 1.71. The van der Waals surface area contributed by atoms with Crippen LogP contribution in [0.2, 0.25) is 0 Å². The van der Waals surface area contributed by atoms with Gasteiger partial charge < -0.3 is 55.0 Å². The van der Waals surface area contributed by atoms with E-state index in [1.165, 1.54) is 37.8 Å². The first-order valence-corrected chi connectivity index (χ1v) is 29.1. The third-order valence-electron chi connectivity index (χ3n) is 12.9. The fourth-order valence-corrected chi connectivity index (χ4v) is 8.65. The topological polar surface area (TPSA) is 252 Å². The van der Waals surface area contributed by atoms with E-state index in [1.54, 1.807) is 118 Å². The Bertz CT molecular complexity index is 2460. The van der Waals surface area contributed by atoms with E-state index in [9.17, 15) is 38.4 Å². The van der Waals surface area contributed by atoms with E-state index in [2.05, 4.69) is 33.5 Å². The number of hydrogen-bond acceptors (Lipinski definition) is 14. The zero-order valence-electron chi connectivity index (χ0n) is 50.9. The number of esters is 3. The zero-order valence-corrected chi connectivity index (χ0v) is 50.9. The maximum Gasteiger partial charge on any atom is 0.408 e. The summed E-state index contributed by atoms with van der Waals surface area (Å²) < 4.78 is 33.1. The van der Waals surface area contributed by atoms with Crippen molar-refractivity contribution in [3.63, 3.8) is 0 Å². The van der Waals surface area contributed by atoms with E-state index in [-0.39, 0.29) is 44.7 Å². The molecule has 0 aliphatic rings. The fraction of sp³-hybridized carbons (Fsp3) is 0.562. The summed E-state index contributed by atoms with van der Waals surface area (Å²) in [4.78, 5) is 108. The van der Waals surface area contributed by atoms with E-state index < -0.39 is 95.5 Å². The molecule has 0 aliphatic heterocycles. The molecule has 0 saturated carbocycles. The van der Waals surface area contributed by atoms with Crippen LogP contribution in [-0.2, 0) is 59.1 Å². The fourth-order valence-electron chi connectivity index (χ4n) is 8.65. The van der Waals surface area contributed by atoms with Crippen molar-refractivity contribution in [2.24, 2.45) is 5.92 Å². The molecule has 5 amide bonds. The first-order valence-electron chi connectivity index (χ1n) is 29.1. The minimum absolute atomic E-state index is 0.0324. The lowest BCUT2D eigenvalue weighted by Gasteiger charge is -2.26. The molecule has 0 aromatic heterocycles. The lowest BCUT2D eigenvalue weighted by Crippen LogP contribution is -2.56. The Hall–Kier alpha value is -7.44. The average molecular weight is 1160 g/mol. The lowest BCUT2D eigenvalue weighted by molar-refractivity contribution is -0.160. The maximum atomic E-state index is 13.9. The van der Waals surface area contributed by atoms with Crippen LogP contribution in [0.3, 0.4) is 0 Å². The van der Waals surface area contributed by atoms with Crippen LogP contribution in [0, 0.1) is 5.92 Å². The van der Waals surface area contributed by atoms with Gasteiger partial charge in [0, 0.05) is 13.0 Å². The SMILES string of the molecule is CCCCCCCCCCCC(CC(=O)NC(CCC(=O)NC(c1ccc(OC)cc1)c1ccc(OC)cc1)C(=O)OC(C)(C)C)OC(=O)C/C=C/CNC(=O)C(CC(=O)OC(C)(C)C)NC(=O)C(NC(=O)OCc1ccccc1)C(C)C. The highest BCUT2D eigenvalue weighted by Gasteiger charge is 2.33. The molecule has 0 spiro atoms. The van der Waals surface area contributed by atoms with Gasteiger partial charge in [0.1, 0.15) is 53.5 Å². The number of amides is 5. The molecule has 0 aliphatic carbocycles. The monoisotopic (exact) mass is 1160 g/mol. The number of unbranched alkanes of at least 4 members (excludes halogenated alkanes) is 8. The molecule has 4 atom stereocenters. The number of benzene rings is 3. The number of carbonyl (C=O) groups is 8. The van der Waals surface area contributed by atoms with E-state index in [4.69, 9.17) is 28.4 Å². The molecule has 3 rings (SSSR count). The standard InChI is InChI=1S/C64H93N5O14/c1-12-13-14-15-16-17-18-19-23-28-50(41-54(71)66-51(61(76)83-64(7,8)9)38-39-53(70)68-58(46-30-34-48(78-10)35-31-46)47-32-36-49(79-11)37-33-47)81-55(72)29-24-25-40-65-59(74)52(42-56(73)82-63(4,5)6)67-60(75)57(44(2)3)69-62(77)80-43-45-26-21-20-22-27-45/h20-22,24-27,30-37,44,50-52,57-58H,12-19,23,28-29,38-43H2,1-11H3,(H,65,74)(H,66,71)(H,67,75)(H,68,70)(H,69,77)/b25-24+. The summed E-state index contributed by atoms with van der Waals surface area (Å²) in [6, 6.07) is 19.3. The molecule has 5 N–H and O–H groups in total. The van der Waals surface area contributed by atoms with Crippen LogP contribution in [0.1, 0.15) is 181 Å². The van der Waals surface area contributed by atoms with Gasteiger partial charge in [0.05, 0.1) is 39.5 Å². The van der Waals surface area contributed by atoms with Gasteiger partial charge in [0.15, 0.2) is 0 Å². The summed E-state index contributed by atoms with van der Waals surface area (Å²) in [5.41, 5.74) is 0.520. The van der Waals surface area contributed by atoms with Crippen molar-refractivity contribution < 1.29 is 66.8 Å². The van der Waals surface area contributed by atoms with Gasteiger partial charge in [-0.3, -0.25) is 28.8 Å². The van der Waals surface area contributed by atoms with Gasteiger partial charge >= 0.3 is 24.0 Å². The largest absolute Gasteiger partial charge is 0.497 e. The van der Waals surface area contributed by atoms with Crippen molar-refractivity contribution in [3.8, 4) is 11.5 Å². The summed E-state index contributed by atoms with van der Waals surface area (Å²) in [5, 5.41) is 13.7. The van der Waals surface area contributed by atoms with Gasteiger partial charge in [-0.1, -0.05) is 139 Å². The van der Waals surface area contributed by atoms with Gasteiger partial charge in [-0.15, -0.1) is 0 Å². The highest BCUT2D eigenvalue weighted by Crippen LogP contribution is 2.27. The number of hydrogen-bond donors (Lipinski definition) is 5. The molecule has 19 nitrogen and oxygen atoms in total. The molecular formula is C64H93N5O14. The summed E-state index contributed by atoms with van der Waals surface area (Å²) in [6.45, 7) is 15.6. The summed E-state index contributed by atoms with van der Waals surface area (Å²) in [6.07, 6.45) is 9.87. The number of rotatable bonds is 36. The predicted molar refractivity (Wildman–Crippen MR) is 317 cm³/mol. The summed E-state index contributed by atoms with van der Waals surface area (Å²) in [5.74, 6) is -3.68. The molecule has 19 heteroatoms. The van der Waals surface area contributed by atoms with E-state index in [0.717, 1.165) is 42.4 Å². The quantitative estimate of drug-likeness (QED) is 0.0157. The van der Waals surface area contributed by atoms with Gasteiger partial charge in [0.25, 0.3) is 0 Å². The lowest BCUT2D eigenvalue weighted by atomic mass is 9.98. The molecule has 3 aromatic carbocycles. The van der Waals surface area contributed by atoms with Gasteiger partial charge in [-0.05, 0) is 108 Å². The Labute approximate surface area is 491 Å². The van der Waals surface area contributed by atoms with Gasteiger partial charge in [0.2, 0.25) is 23.6 Å². The van der Waals surface area contributed by atoms with Gasteiger partial charge in [-0.25, -0.2) is 9.59 Å². The summed E-state index contributed by atoms with van der Waals surface area (Å²) in [7, 11) is 3.13. The second-order valence-corrected chi connectivity index (χ2v) is 22.9. The third-order valence-corrected chi connectivity index (χ3v) is 12.9. The number of ether oxygens (including phenoxy) is 6. The van der Waals surface area contributed by atoms with Crippen LogP contribution in [0.25, 0.3) is 0 Å². The summed E-state index contributed by atoms with van der Waals surface area (Å²) >= 11 is 0. The van der Waals surface area contributed by atoms with Crippen molar-refractivity contribution in [2.45, 2.75) is 207 Å². The predicted octanol–water partition coefficient (Wildman–Crippen LogP) is 9.97. The zero-order chi connectivity index (χ0) is 61.4. The van der Waals surface area contributed by atoms with Crippen molar-refractivity contribution in [2.75, 3.05) is 20.8 Å². The van der Waals surface area contributed by atoms with Crippen LogP contribution >= 0.6 is 0 Å². The average Bonchev–Trinajstić information content (AvgIpc) is 3.64. The third kappa shape index (κ3) is 29.4. The number of carbonyl (C=O) groups excluding carboxylic acids is 8. The van der Waals surface area contributed by atoms with E-state index in [0.29, 0.717) is 24.3 Å². The Morgan fingerprint density at radius 1 is 0.566 bits per heavy atom. The highest BCUT2D eigenvalue weighted by atomic mass is 16.6. The van der Waals surface area contributed by atoms with E-state index >= 15 is 0 Å². The highest BCUT2D eigenvalue weighted by molar-refractivity contribution is 5.93. The molecule has 3 aromatic rings. The Kier molecular flexibility index (Phi) is 31.0. The van der Waals surface area contributed by atoms with Crippen LogP contribution < -0.4 is 36.1 Å². The molecule has 0 radical (unpaired) electrons. The molecule has 0 saturated heterocycles. The van der Waals surface area contributed by atoms with Crippen LogP contribution in [-0.4, -0.2) is 104 Å². The minimum atomic E-state index is -1.40. The molecular weight excluding hydrogens is 1060 g/mol. The Morgan fingerprint density at radius 3 is 1.67 bits per heavy atom. The van der Waals surface area contributed by atoms with Crippen LogP contribution in [0.15, 0.2) is 91.0 Å². The van der Waals surface area contributed by atoms with Crippen molar-refractivity contribution in [1.29, 1.82) is 0 Å². The first kappa shape index (κ1) is 69.8. The van der Waals surface area contributed by atoms with Crippen molar-refractivity contribution in [1.82, 2.24) is 26.6 Å². The number of alkyl carbamates (subject to hydrolysis) is 1. The maximum absolute atomic E-state index is 13.9. The molecule has 0 heterocycles. The first-order chi connectivity index (χ1) is 39.4. The van der Waals surface area contributed by atoms with Crippen molar-refractivity contribution >= 4 is 47.6 Å². The van der Waals surface area contributed by atoms with Crippen LogP contribution in [0.5, 0.6) is 11.5 Å². The molecule has 83 heavy (non-hydrogen) atoms. The van der Waals surface area contributed by atoms with Crippen LogP contribution in [0.4, 0.5) is 4.79 Å². The molecule has 0 fully saturated rings. The van der Waals surface area contributed by atoms with E-state index in [1.807, 2.05) is 30.3 Å².